The highest BCUT2D eigenvalue weighted by atomic mass is 16.5. The highest BCUT2D eigenvalue weighted by Gasteiger charge is 2.40. The van der Waals surface area contributed by atoms with Crippen LogP contribution < -0.4 is 5.32 Å². The summed E-state index contributed by atoms with van der Waals surface area (Å²) in [5.74, 6) is -0.303. The van der Waals surface area contributed by atoms with Gasteiger partial charge in [-0.2, -0.15) is 0 Å². The monoisotopic (exact) mass is 231 g/mol. The summed E-state index contributed by atoms with van der Waals surface area (Å²) in [5, 5.41) is 11.8. The van der Waals surface area contributed by atoms with E-state index in [0.717, 1.165) is 0 Å². The number of hydrogen-bond acceptors (Lipinski definition) is 4. The summed E-state index contributed by atoms with van der Waals surface area (Å²) in [7, 11) is 0. The normalized spacial score (nSPS) is 18.4. The number of hydrogen-bond donors (Lipinski definition) is 2. The molecule has 5 heteroatoms. The van der Waals surface area contributed by atoms with Crippen LogP contribution in [0.25, 0.3) is 0 Å². The molecule has 1 heterocycles. The highest BCUT2D eigenvalue weighted by Crippen LogP contribution is 2.21. The third kappa shape index (κ3) is 4.47. The second-order valence-electron chi connectivity index (χ2n) is 4.67. The van der Waals surface area contributed by atoms with Crippen molar-refractivity contribution in [1.29, 1.82) is 0 Å². The lowest BCUT2D eigenvalue weighted by Crippen LogP contribution is -2.62. The fourth-order valence-electron chi connectivity index (χ4n) is 1.59. The van der Waals surface area contributed by atoms with E-state index in [0.29, 0.717) is 38.8 Å². The number of carboxylic acids is 1. The molecular weight excluding hydrogens is 210 g/mol. The number of carbonyl (C=O) groups is 1. The van der Waals surface area contributed by atoms with E-state index in [-0.39, 0.29) is 6.42 Å². The molecular formula is C11H21NO4. The molecule has 1 aliphatic heterocycles. The Morgan fingerprint density at radius 1 is 1.44 bits per heavy atom. The lowest BCUT2D eigenvalue weighted by molar-refractivity contribution is -0.152. The quantitative estimate of drug-likeness (QED) is 0.595. The van der Waals surface area contributed by atoms with Gasteiger partial charge in [0.25, 0.3) is 0 Å². The standard InChI is InChI=1S/C11H21NO4/c1-9(2)6-15-3-4-16-11(5-10(13)14)7-12-8-11/h9,12H,3-8H2,1-2H3,(H,13,14). The van der Waals surface area contributed by atoms with Gasteiger partial charge in [0.05, 0.1) is 19.6 Å². The molecule has 94 valence electrons. The van der Waals surface area contributed by atoms with Gasteiger partial charge in [-0.3, -0.25) is 4.79 Å². The van der Waals surface area contributed by atoms with Crippen LogP contribution in [0, 0.1) is 5.92 Å². The molecule has 1 aliphatic rings. The van der Waals surface area contributed by atoms with Crippen LogP contribution in [0.4, 0.5) is 0 Å². The molecule has 0 aromatic carbocycles. The summed E-state index contributed by atoms with van der Waals surface area (Å²) in [6.45, 7) is 7.10. The third-order valence-corrected chi connectivity index (χ3v) is 2.45. The minimum atomic E-state index is -0.815. The lowest BCUT2D eigenvalue weighted by Gasteiger charge is -2.41. The molecule has 1 fully saturated rings. The molecule has 0 aromatic heterocycles. The molecule has 1 rings (SSSR count). The molecule has 16 heavy (non-hydrogen) atoms. The van der Waals surface area contributed by atoms with Crippen molar-refractivity contribution in [1.82, 2.24) is 5.32 Å². The molecule has 0 aromatic rings. The third-order valence-electron chi connectivity index (χ3n) is 2.45. The van der Waals surface area contributed by atoms with Gasteiger partial charge >= 0.3 is 5.97 Å². The molecule has 1 saturated heterocycles. The second kappa shape index (κ2) is 6.18. The van der Waals surface area contributed by atoms with Crippen molar-refractivity contribution < 1.29 is 19.4 Å². The summed E-state index contributed by atoms with van der Waals surface area (Å²) in [6.07, 6.45) is 0.0597. The Bertz CT molecular complexity index is 226. The zero-order valence-electron chi connectivity index (χ0n) is 9.99. The van der Waals surface area contributed by atoms with E-state index < -0.39 is 11.6 Å². The van der Waals surface area contributed by atoms with Crippen LogP contribution in [0.3, 0.4) is 0 Å². The molecule has 0 atom stereocenters. The van der Waals surface area contributed by atoms with Crippen molar-refractivity contribution in [2.75, 3.05) is 32.9 Å². The van der Waals surface area contributed by atoms with Gasteiger partial charge in [-0.05, 0) is 5.92 Å². The summed E-state index contributed by atoms with van der Waals surface area (Å²) in [6, 6.07) is 0. The SMILES string of the molecule is CC(C)COCCOC1(CC(=O)O)CNC1. The number of aliphatic carboxylic acids is 1. The second-order valence-corrected chi connectivity index (χ2v) is 4.67. The predicted octanol–water partition coefficient (Wildman–Crippen LogP) is 0.492. The molecule has 2 N–H and O–H groups in total. The van der Waals surface area contributed by atoms with Gasteiger partial charge in [0.15, 0.2) is 0 Å². The van der Waals surface area contributed by atoms with Gasteiger partial charge in [0.1, 0.15) is 5.60 Å². The minimum Gasteiger partial charge on any atom is -0.481 e. The Labute approximate surface area is 96.1 Å². The van der Waals surface area contributed by atoms with Crippen LogP contribution in [0.1, 0.15) is 20.3 Å². The summed E-state index contributed by atoms with van der Waals surface area (Å²) in [4.78, 5) is 10.6. The van der Waals surface area contributed by atoms with Crippen LogP contribution >= 0.6 is 0 Å². The Hall–Kier alpha value is -0.650. The van der Waals surface area contributed by atoms with Gasteiger partial charge in [0.2, 0.25) is 0 Å². The fraction of sp³-hybridized carbons (Fsp3) is 0.909. The average molecular weight is 231 g/mol. The zero-order valence-corrected chi connectivity index (χ0v) is 9.99. The van der Waals surface area contributed by atoms with Crippen molar-refractivity contribution in [2.24, 2.45) is 5.92 Å². The maximum Gasteiger partial charge on any atom is 0.306 e. The van der Waals surface area contributed by atoms with Crippen LogP contribution in [0.5, 0.6) is 0 Å². The Morgan fingerprint density at radius 2 is 2.12 bits per heavy atom. The van der Waals surface area contributed by atoms with E-state index in [2.05, 4.69) is 19.2 Å². The first-order valence-electron chi connectivity index (χ1n) is 5.68. The van der Waals surface area contributed by atoms with E-state index in [1.165, 1.54) is 0 Å². The molecule has 0 bridgehead atoms. The molecule has 0 unspecified atom stereocenters. The van der Waals surface area contributed by atoms with Crippen LogP contribution in [-0.2, 0) is 14.3 Å². The molecule has 0 spiro atoms. The Kier molecular flexibility index (Phi) is 5.18. The highest BCUT2D eigenvalue weighted by molar-refractivity contribution is 5.68. The van der Waals surface area contributed by atoms with E-state index in [1.54, 1.807) is 0 Å². The number of nitrogens with one attached hydrogen (secondary N) is 1. The van der Waals surface area contributed by atoms with Crippen molar-refractivity contribution in [3.8, 4) is 0 Å². The fourth-order valence-corrected chi connectivity index (χ4v) is 1.59. The van der Waals surface area contributed by atoms with E-state index in [9.17, 15) is 4.79 Å². The van der Waals surface area contributed by atoms with Gasteiger partial charge in [0, 0.05) is 19.7 Å². The van der Waals surface area contributed by atoms with Gasteiger partial charge < -0.3 is 19.9 Å². The average Bonchev–Trinajstić information content (AvgIpc) is 2.11. The largest absolute Gasteiger partial charge is 0.481 e. The lowest BCUT2D eigenvalue weighted by atomic mass is 9.93. The smallest absolute Gasteiger partial charge is 0.306 e. The van der Waals surface area contributed by atoms with Crippen molar-refractivity contribution in [3.63, 3.8) is 0 Å². The predicted molar refractivity (Wildman–Crippen MR) is 59.5 cm³/mol. The zero-order chi connectivity index (χ0) is 12.0. The molecule has 0 amide bonds. The van der Waals surface area contributed by atoms with E-state index in [1.807, 2.05) is 0 Å². The van der Waals surface area contributed by atoms with E-state index >= 15 is 0 Å². The number of rotatable bonds is 8. The maximum absolute atomic E-state index is 10.6. The first kappa shape index (κ1) is 13.4. The van der Waals surface area contributed by atoms with Crippen LogP contribution in [0.2, 0.25) is 0 Å². The molecule has 0 saturated carbocycles. The minimum absolute atomic E-state index is 0.0597. The molecule has 5 nitrogen and oxygen atoms in total. The first-order chi connectivity index (χ1) is 7.54. The summed E-state index contributed by atoms with van der Waals surface area (Å²) >= 11 is 0. The summed E-state index contributed by atoms with van der Waals surface area (Å²) in [5.41, 5.74) is -0.507. The van der Waals surface area contributed by atoms with E-state index in [4.69, 9.17) is 14.6 Å². The maximum atomic E-state index is 10.6. The van der Waals surface area contributed by atoms with Gasteiger partial charge in [-0.1, -0.05) is 13.8 Å². The van der Waals surface area contributed by atoms with Crippen molar-refractivity contribution in [2.45, 2.75) is 25.9 Å². The van der Waals surface area contributed by atoms with Crippen LogP contribution in [-0.4, -0.2) is 49.6 Å². The van der Waals surface area contributed by atoms with Gasteiger partial charge in [-0.15, -0.1) is 0 Å². The Morgan fingerprint density at radius 3 is 2.56 bits per heavy atom. The summed E-state index contributed by atoms with van der Waals surface area (Å²) < 4.78 is 11.0. The number of carboxylic acid groups (broad SMARTS) is 1. The van der Waals surface area contributed by atoms with Crippen molar-refractivity contribution in [3.05, 3.63) is 0 Å². The first-order valence-corrected chi connectivity index (χ1v) is 5.68. The Balaban J connectivity index is 2.12. The van der Waals surface area contributed by atoms with Crippen molar-refractivity contribution >= 4 is 5.97 Å². The van der Waals surface area contributed by atoms with Crippen LogP contribution in [0.15, 0.2) is 0 Å². The molecule has 0 radical (unpaired) electrons. The molecule has 0 aliphatic carbocycles. The topological polar surface area (TPSA) is 67.8 Å². The van der Waals surface area contributed by atoms with Gasteiger partial charge in [-0.25, -0.2) is 0 Å². The number of ether oxygens (including phenoxy) is 2.